The lowest BCUT2D eigenvalue weighted by molar-refractivity contribution is 0.272. The quantitative estimate of drug-likeness (QED) is 0.770. The molecular weight excluding hydrogens is 218 g/mol. The number of halogens is 3. The Morgan fingerprint density at radius 2 is 2.18 bits per heavy atom. The van der Waals surface area contributed by atoms with Crippen molar-refractivity contribution in [2.24, 2.45) is 0 Å². The molecular formula is C6H7BrF2N2. The van der Waals surface area contributed by atoms with E-state index in [1.54, 1.807) is 6.20 Å². The summed E-state index contributed by atoms with van der Waals surface area (Å²) >= 11 is 3.13. The summed E-state index contributed by atoms with van der Waals surface area (Å²) in [5, 5.41) is 3.75. The van der Waals surface area contributed by atoms with Crippen molar-refractivity contribution in [2.45, 2.75) is 6.04 Å². The standard InChI is InChI=1S/C6H7BrF2N2/c7-5-3-10-11(4-5)6(1-8)2-9/h3-4,6H,1-2H2. The molecule has 0 unspecified atom stereocenters. The zero-order valence-corrected chi connectivity index (χ0v) is 7.26. The lowest BCUT2D eigenvalue weighted by Gasteiger charge is -2.07. The first-order chi connectivity index (χ1) is 5.27. The normalized spacial score (nSPS) is 10.9. The van der Waals surface area contributed by atoms with Crippen molar-refractivity contribution in [2.75, 3.05) is 13.3 Å². The van der Waals surface area contributed by atoms with E-state index in [0.717, 1.165) is 4.47 Å². The van der Waals surface area contributed by atoms with Gasteiger partial charge in [-0.1, -0.05) is 0 Å². The molecule has 1 aromatic heterocycles. The third kappa shape index (κ3) is 1.99. The number of hydrogen-bond donors (Lipinski definition) is 0. The molecule has 62 valence electrons. The molecule has 0 aliphatic heterocycles. The van der Waals surface area contributed by atoms with Crippen molar-refractivity contribution in [3.8, 4) is 0 Å². The Morgan fingerprint density at radius 3 is 2.55 bits per heavy atom. The van der Waals surface area contributed by atoms with Crippen molar-refractivity contribution in [1.29, 1.82) is 0 Å². The van der Waals surface area contributed by atoms with Crippen LogP contribution in [0.3, 0.4) is 0 Å². The first-order valence-electron chi connectivity index (χ1n) is 3.09. The molecule has 0 saturated carbocycles. The summed E-state index contributed by atoms with van der Waals surface area (Å²) in [4.78, 5) is 0. The number of rotatable bonds is 3. The first kappa shape index (κ1) is 8.64. The van der Waals surface area contributed by atoms with Crippen LogP contribution in [0, 0.1) is 0 Å². The van der Waals surface area contributed by atoms with Crippen LogP contribution in [0.2, 0.25) is 0 Å². The fourth-order valence-corrected chi connectivity index (χ4v) is 0.999. The minimum Gasteiger partial charge on any atom is -0.263 e. The lowest BCUT2D eigenvalue weighted by Crippen LogP contribution is -2.13. The minimum atomic E-state index is -0.777. The Labute approximate surface area is 71.3 Å². The monoisotopic (exact) mass is 224 g/mol. The molecule has 0 radical (unpaired) electrons. The van der Waals surface area contributed by atoms with E-state index in [9.17, 15) is 8.78 Å². The Hall–Kier alpha value is -0.450. The summed E-state index contributed by atoms with van der Waals surface area (Å²) < 4.78 is 26.1. The summed E-state index contributed by atoms with van der Waals surface area (Å²) in [6.45, 7) is -1.46. The molecule has 0 spiro atoms. The number of hydrogen-bond acceptors (Lipinski definition) is 1. The van der Waals surface area contributed by atoms with Crippen LogP contribution in [0.15, 0.2) is 16.9 Å². The third-order valence-corrected chi connectivity index (χ3v) is 1.71. The molecule has 0 aliphatic carbocycles. The second-order valence-electron chi connectivity index (χ2n) is 2.10. The van der Waals surface area contributed by atoms with E-state index >= 15 is 0 Å². The van der Waals surface area contributed by atoms with Crippen LogP contribution in [0.25, 0.3) is 0 Å². The Balaban J connectivity index is 2.73. The van der Waals surface area contributed by atoms with E-state index in [2.05, 4.69) is 21.0 Å². The number of aromatic nitrogens is 2. The molecule has 0 amide bonds. The second kappa shape index (κ2) is 3.80. The Bertz CT molecular complexity index is 222. The third-order valence-electron chi connectivity index (χ3n) is 1.30. The molecule has 1 aromatic rings. The highest BCUT2D eigenvalue weighted by atomic mass is 79.9. The van der Waals surface area contributed by atoms with Crippen LogP contribution in [-0.2, 0) is 0 Å². The van der Waals surface area contributed by atoms with Crippen LogP contribution >= 0.6 is 15.9 Å². The SMILES string of the molecule is FCC(CF)n1cc(Br)cn1. The van der Waals surface area contributed by atoms with E-state index in [1.807, 2.05) is 0 Å². The average molecular weight is 225 g/mol. The molecule has 5 heteroatoms. The van der Waals surface area contributed by atoms with Crippen LogP contribution in [0.1, 0.15) is 6.04 Å². The molecule has 0 aliphatic rings. The highest BCUT2D eigenvalue weighted by Gasteiger charge is 2.10. The van der Waals surface area contributed by atoms with Gasteiger partial charge < -0.3 is 0 Å². The van der Waals surface area contributed by atoms with Gasteiger partial charge in [-0.3, -0.25) is 4.68 Å². The molecule has 0 saturated heterocycles. The molecule has 1 heterocycles. The molecule has 0 bridgehead atoms. The van der Waals surface area contributed by atoms with Crippen molar-refractivity contribution in [3.63, 3.8) is 0 Å². The van der Waals surface area contributed by atoms with E-state index in [4.69, 9.17) is 0 Å². The van der Waals surface area contributed by atoms with Gasteiger partial charge in [-0.25, -0.2) is 8.78 Å². The van der Waals surface area contributed by atoms with Crippen LogP contribution in [-0.4, -0.2) is 23.1 Å². The highest BCUT2D eigenvalue weighted by molar-refractivity contribution is 9.10. The zero-order valence-electron chi connectivity index (χ0n) is 5.67. The fourth-order valence-electron chi connectivity index (χ4n) is 0.697. The van der Waals surface area contributed by atoms with Crippen molar-refractivity contribution >= 4 is 15.9 Å². The smallest absolute Gasteiger partial charge is 0.114 e. The van der Waals surface area contributed by atoms with Gasteiger partial charge >= 0.3 is 0 Å². The zero-order chi connectivity index (χ0) is 8.27. The van der Waals surface area contributed by atoms with Crippen LogP contribution in [0.5, 0.6) is 0 Å². The molecule has 11 heavy (non-hydrogen) atoms. The largest absolute Gasteiger partial charge is 0.263 e. The van der Waals surface area contributed by atoms with Gasteiger partial charge in [-0.2, -0.15) is 5.10 Å². The van der Waals surface area contributed by atoms with Crippen LogP contribution < -0.4 is 0 Å². The maximum atomic E-state index is 12.0. The molecule has 2 nitrogen and oxygen atoms in total. The molecule has 0 aromatic carbocycles. The van der Waals surface area contributed by atoms with Gasteiger partial charge in [0.2, 0.25) is 0 Å². The van der Waals surface area contributed by atoms with Gasteiger partial charge in [0.25, 0.3) is 0 Å². The minimum absolute atomic E-state index is 0.726. The maximum absolute atomic E-state index is 12.0. The Morgan fingerprint density at radius 1 is 1.55 bits per heavy atom. The average Bonchev–Trinajstić information content (AvgIpc) is 2.39. The predicted molar refractivity (Wildman–Crippen MR) is 40.9 cm³/mol. The van der Waals surface area contributed by atoms with Gasteiger partial charge in [0.1, 0.15) is 19.4 Å². The fraction of sp³-hybridized carbons (Fsp3) is 0.500. The van der Waals surface area contributed by atoms with Crippen molar-refractivity contribution < 1.29 is 8.78 Å². The van der Waals surface area contributed by atoms with Gasteiger partial charge in [-0.05, 0) is 15.9 Å². The van der Waals surface area contributed by atoms with E-state index < -0.39 is 19.4 Å². The van der Waals surface area contributed by atoms with E-state index in [0.29, 0.717) is 0 Å². The molecule has 0 atom stereocenters. The van der Waals surface area contributed by atoms with Crippen molar-refractivity contribution in [3.05, 3.63) is 16.9 Å². The number of nitrogens with zero attached hydrogens (tertiary/aromatic N) is 2. The first-order valence-corrected chi connectivity index (χ1v) is 3.88. The maximum Gasteiger partial charge on any atom is 0.114 e. The second-order valence-corrected chi connectivity index (χ2v) is 3.02. The highest BCUT2D eigenvalue weighted by Crippen LogP contribution is 2.12. The molecule has 0 N–H and O–H groups in total. The van der Waals surface area contributed by atoms with E-state index in [-0.39, 0.29) is 0 Å². The molecule has 0 fully saturated rings. The molecule has 1 rings (SSSR count). The lowest BCUT2D eigenvalue weighted by atomic mass is 10.4. The summed E-state index contributed by atoms with van der Waals surface area (Å²) in [7, 11) is 0. The van der Waals surface area contributed by atoms with Crippen molar-refractivity contribution in [1.82, 2.24) is 9.78 Å². The number of alkyl halides is 2. The summed E-state index contributed by atoms with van der Waals surface area (Å²) in [6, 6.07) is -0.777. The van der Waals surface area contributed by atoms with Gasteiger partial charge in [0, 0.05) is 6.20 Å². The summed E-state index contributed by atoms with van der Waals surface area (Å²) in [5.74, 6) is 0. The van der Waals surface area contributed by atoms with Crippen LogP contribution in [0.4, 0.5) is 8.78 Å². The van der Waals surface area contributed by atoms with Gasteiger partial charge in [-0.15, -0.1) is 0 Å². The summed E-state index contributed by atoms with van der Waals surface area (Å²) in [6.07, 6.45) is 3.04. The predicted octanol–water partition coefficient (Wildman–Crippen LogP) is 2.13. The van der Waals surface area contributed by atoms with E-state index in [1.165, 1.54) is 10.9 Å². The summed E-state index contributed by atoms with van der Waals surface area (Å²) in [5.41, 5.74) is 0. The topological polar surface area (TPSA) is 17.8 Å². The van der Waals surface area contributed by atoms with Gasteiger partial charge in [0.05, 0.1) is 10.7 Å². The van der Waals surface area contributed by atoms with Gasteiger partial charge in [0.15, 0.2) is 0 Å². The Kier molecular flexibility index (Phi) is 2.99.